The molecule has 0 amide bonds. The minimum absolute atomic E-state index is 0.0965. The lowest BCUT2D eigenvalue weighted by molar-refractivity contribution is 0.568. The van der Waals surface area contributed by atoms with E-state index in [1.807, 2.05) is 13.8 Å². The zero-order valence-electron chi connectivity index (χ0n) is 7.23. The molecule has 3 nitrogen and oxygen atoms in total. The molecule has 0 spiro atoms. The molecule has 0 atom stereocenters. The van der Waals surface area contributed by atoms with Crippen molar-refractivity contribution in [3.8, 4) is 0 Å². The Morgan fingerprint density at radius 3 is 2.25 bits per heavy atom. The monoisotopic (exact) mass is 235 g/mol. The number of aromatic nitrogens is 2. The number of nitrogen functional groups attached to an aromatic ring is 1. The quantitative estimate of drug-likeness (QED) is 0.751. The van der Waals surface area contributed by atoms with E-state index in [4.69, 9.17) is 5.73 Å². The fourth-order valence-electron chi connectivity index (χ4n) is 0.483. The number of hydrogen-bond donors (Lipinski definition) is 1. The summed E-state index contributed by atoms with van der Waals surface area (Å²) in [4.78, 5) is 7.10. The first-order valence-corrected chi connectivity index (χ1v) is 4.35. The van der Waals surface area contributed by atoms with Crippen LogP contribution < -0.4 is 5.73 Å². The van der Waals surface area contributed by atoms with E-state index >= 15 is 0 Å². The molecule has 1 rings (SSSR count). The Kier molecular flexibility index (Phi) is 4.73. The van der Waals surface area contributed by atoms with Gasteiger partial charge in [-0.1, -0.05) is 13.8 Å². The number of halogens is 2. The number of anilines is 1. The lowest BCUT2D eigenvalue weighted by Gasteiger charge is -1.97. The van der Waals surface area contributed by atoms with Crippen LogP contribution in [0.5, 0.6) is 0 Å². The molecule has 0 bridgehead atoms. The molecule has 68 valence electrons. The van der Waals surface area contributed by atoms with Crippen molar-refractivity contribution >= 4 is 21.7 Å². The van der Waals surface area contributed by atoms with Gasteiger partial charge in [-0.2, -0.15) is 9.37 Å². The Labute approximate surface area is 79.3 Å². The molecule has 0 fully saturated rings. The van der Waals surface area contributed by atoms with E-state index < -0.39 is 5.95 Å². The van der Waals surface area contributed by atoms with Gasteiger partial charge in [-0.25, -0.2) is 4.98 Å². The summed E-state index contributed by atoms with van der Waals surface area (Å²) in [6, 6.07) is 0. The summed E-state index contributed by atoms with van der Waals surface area (Å²) < 4.78 is 12.6. The van der Waals surface area contributed by atoms with E-state index in [1.54, 1.807) is 6.92 Å². The van der Waals surface area contributed by atoms with Gasteiger partial charge in [0.1, 0.15) is 5.82 Å². The van der Waals surface area contributed by atoms with Crippen LogP contribution in [0.3, 0.4) is 0 Å². The molecule has 0 aromatic carbocycles. The zero-order chi connectivity index (χ0) is 9.72. The summed E-state index contributed by atoms with van der Waals surface area (Å²) in [5.74, 6) is -0.552. The topological polar surface area (TPSA) is 51.8 Å². The van der Waals surface area contributed by atoms with Crippen LogP contribution in [0.15, 0.2) is 4.60 Å². The summed E-state index contributed by atoms with van der Waals surface area (Å²) in [5, 5.41) is 0. The average Bonchev–Trinajstić information content (AvgIpc) is 2.05. The van der Waals surface area contributed by atoms with Crippen LogP contribution in [-0.4, -0.2) is 9.97 Å². The molecule has 1 aromatic heterocycles. The first kappa shape index (κ1) is 11.3. The second-order valence-electron chi connectivity index (χ2n) is 1.78. The molecule has 0 unspecified atom stereocenters. The van der Waals surface area contributed by atoms with Crippen molar-refractivity contribution in [2.24, 2.45) is 0 Å². The number of rotatable bonds is 0. The predicted octanol–water partition coefficient (Wildman–Crippen LogP) is 2.30. The van der Waals surface area contributed by atoms with Crippen molar-refractivity contribution in [2.75, 3.05) is 5.73 Å². The molecule has 1 heterocycles. The molecular weight excluding hydrogens is 225 g/mol. The summed E-state index contributed by atoms with van der Waals surface area (Å²) in [6.45, 7) is 5.66. The molecule has 0 saturated heterocycles. The lowest BCUT2D eigenvalue weighted by atomic mass is 10.5. The molecule has 0 aliphatic heterocycles. The van der Waals surface area contributed by atoms with Crippen molar-refractivity contribution in [3.05, 3.63) is 16.2 Å². The molecule has 0 radical (unpaired) electrons. The van der Waals surface area contributed by atoms with Crippen LogP contribution in [0.1, 0.15) is 19.5 Å². The van der Waals surface area contributed by atoms with Gasteiger partial charge in [-0.15, -0.1) is 0 Å². The highest BCUT2D eigenvalue weighted by atomic mass is 79.9. The molecule has 5 heteroatoms. The Morgan fingerprint density at radius 2 is 1.83 bits per heavy atom. The number of nitrogens with two attached hydrogens (primary N) is 1. The first-order valence-electron chi connectivity index (χ1n) is 3.56. The Morgan fingerprint density at radius 1 is 1.33 bits per heavy atom. The van der Waals surface area contributed by atoms with Crippen molar-refractivity contribution in [3.63, 3.8) is 0 Å². The molecule has 12 heavy (non-hydrogen) atoms. The maximum atomic E-state index is 12.5. The van der Waals surface area contributed by atoms with Crippen molar-refractivity contribution in [1.82, 2.24) is 9.97 Å². The predicted molar refractivity (Wildman–Crippen MR) is 50.2 cm³/mol. The molecule has 0 aliphatic carbocycles. The highest BCUT2D eigenvalue weighted by Crippen LogP contribution is 2.13. The van der Waals surface area contributed by atoms with Gasteiger partial charge in [-0.05, 0) is 22.9 Å². The Hall–Kier alpha value is -0.710. The van der Waals surface area contributed by atoms with Gasteiger partial charge in [0.05, 0.1) is 5.69 Å². The van der Waals surface area contributed by atoms with Crippen LogP contribution in [0.2, 0.25) is 0 Å². The highest BCUT2D eigenvalue weighted by molar-refractivity contribution is 9.10. The second-order valence-corrected chi connectivity index (χ2v) is 2.53. The minimum atomic E-state index is -0.678. The SMILES string of the molecule is CC.Cc1nc(Br)c(F)nc1N. The van der Waals surface area contributed by atoms with E-state index in [-0.39, 0.29) is 10.4 Å². The molecule has 1 aromatic rings. The number of aryl methyl sites for hydroxylation is 1. The maximum absolute atomic E-state index is 12.5. The van der Waals surface area contributed by atoms with Gasteiger partial charge in [0, 0.05) is 0 Å². The third-order valence-corrected chi connectivity index (χ3v) is 1.53. The number of hydrogen-bond acceptors (Lipinski definition) is 3. The van der Waals surface area contributed by atoms with Gasteiger partial charge in [0.25, 0.3) is 0 Å². The molecule has 0 saturated carbocycles. The van der Waals surface area contributed by atoms with E-state index in [2.05, 4.69) is 25.9 Å². The average molecular weight is 236 g/mol. The summed E-state index contributed by atoms with van der Waals surface area (Å²) in [5.41, 5.74) is 5.78. The van der Waals surface area contributed by atoms with E-state index in [0.717, 1.165) is 0 Å². The lowest BCUT2D eigenvalue weighted by Crippen LogP contribution is -2.00. The minimum Gasteiger partial charge on any atom is -0.382 e. The fraction of sp³-hybridized carbons (Fsp3) is 0.429. The summed E-state index contributed by atoms with van der Waals surface area (Å²) in [7, 11) is 0. The van der Waals surface area contributed by atoms with Crippen LogP contribution in [0.25, 0.3) is 0 Å². The van der Waals surface area contributed by atoms with Gasteiger partial charge in [0.15, 0.2) is 4.60 Å². The van der Waals surface area contributed by atoms with Crippen LogP contribution in [-0.2, 0) is 0 Å². The van der Waals surface area contributed by atoms with Crippen molar-refractivity contribution in [2.45, 2.75) is 20.8 Å². The Balaban J connectivity index is 0.000000561. The van der Waals surface area contributed by atoms with E-state index in [0.29, 0.717) is 5.69 Å². The molecule has 2 N–H and O–H groups in total. The van der Waals surface area contributed by atoms with E-state index in [1.165, 1.54) is 0 Å². The van der Waals surface area contributed by atoms with Gasteiger partial charge in [-0.3, -0.25) is 0 Å². The van der Waals surface area contributed by atoms with Crippen LogP contribution in [0.4, 0.5) is 10.2 Å². The smallest absolute Gasteiger partial charge is 0.247 e. The van der Waals surface area contributed by atoms with Crippen molar-refractivity contribution < 1.29 is 4.39 Å². The maximum Gasteiger partial charge on any atom is 0.247 e. The number of nitrogens with zero attached hydrogens (tertiary/aromatic N) is 2. The standard InChI is InChI=1S/C5H5BrFN3.C2H6/c1-2-5(8)10-4(7)3(6)9-2;1-2/h1H3,(H2,8,10);1-2H3. The molecule has 0 aliphatic rings. The van der Waals surface area contributed by atoms with Gasteiger partial charge >= 0.3 is 0 Å². The van der Waals surface area contributed by atoms with Crippen molar-refractivity contribution in [1.29, 1.82) is 0 Å². The second kappa shape index (κ2) is 5.03. The van der Waals surface area contributed by atoms with Gasteiger partial charge in [0.2, 0.25) is 5.95 Å². The zero-order valence-corrected chi connectivity index (χ0v) is 8.81. The van der Waals surface area contributed by atoms with E-state index in [9.17, 15) is 4.39 Å². The summed E-state index contributed by atoms with van der Waals surface area (Å²) in [6.07, 6.45) is 0. The highest BCUT2D eigenvalue weighted by Gasteiger charge is 2.04. The first-order chi connectivity index (χ1) is 5.61. The van der Waals surface area contributed by atoms with Crippen LogP contribution in [0, 0.1) is 12.9 Å². The third kappa shape index (κ3) is 2.73. The third-order valence-electron chi connectivity index (χ3n) is 1.03. The largest absolute Gasteiger partial charge is 0.382 e. The Bertz CT molecular complexity index is 215. The fourth-order valence-corrected chi connectivity index (χ4v) is 0.838. The summed E-state index contributed by atoms with van der Waals surface area (Å²) >= 11 is 2.88. The normalized spacial score (nSPS) is 8.75. The molecular formula is C7H11BrFN3. The van der Waals surface area contributed by atoms with Crippen LogP contribution >= 0.6 is 15.9 Å². The van der Waals surface area contributed by atoms with Gasteiger partial charge < -0.3 is 5.73 Å².